The summed E-state index contributed by atoms with van der Waals surface area (Å²) in [5.74, 6) is 0.652. The monoisotopic (exact) mass is 247 g/mol. The lowest BCUT2D eigenvalue weighted by Gasteiger charge is -2.26. The van der Waals surface area contributed by atoms with Crippen LogP contribution in [-0.2, 0) is 9.84 Å². The predicted octanol–water partition coefficient (Wildman–Crippen LogP) is 0.410. The molecule has 16 heavy (non-hydrogen) atoms. The topological polar surface area (TPSA) is 57.6 Å². The molecule has 2 atom stereocenters. The maximum absolute atomic E-state index is 11.4. The van der Waals surface area contributed by atoms with Crippen molar-refractivity contribution in [3.8, 4) is 0 Å². The first-order chi connectivity index (χ1) is 7.38. The Labute approximate surface area is 97.6 Å². The van der Waals surface area contributed by atoms with E-state index in [0.717, 1.165) is 38.8 Å². The second kappa shape index (κ2) is 4.27. The summed E-state index contributed by atoms with van der Waals surface area (Å²) in [6.07, 6.45) is 3.31. The summed E-state index contributed by atoms with van der Waals surface area (Å²) >= 11 is 0. The van der Waals surface area contributed by atoms with Crippen molar-refractivity contribution in [2.24, 2.45) is 0 Å². The van der Waals surface area contributed by atoms with E-state index in [9.17, 15) is 13.5 Å². The molecule has 0 aromatic rings. The molecule has 5 heteroatoms. The first-order valence-corrected chi connectivity index (χ1v) is 7.87. The standard InChI is InChI=1S/C11H21NO3S/c1-11(13)4-2-6-12(7-5-11)10-3-8-16(14,15)9-10/h10,13H,2-9H2,1H3. The predicted molar refractivity (Wildman–Crippen MR) is 63.1 cm³/mol. The van der Waals surface area contributed by atoms with Gasteiger partial charge in [0, 0.05) is 12.6 Å². The van der Waals surface area contributed by atoms with Crippen LogP contribution >= 0.6 is 0 Å². The average Bonchev–Trinajstić information content (AvgIpc) is 2.41. The maximum atomic E-state index is 11.4. The van der Waals surface area contributed by atoms with Crippen molar-refractivity contribution in [3.05, 3.63) is 0 Å². The summed E-state index contributed by atoms with van der Waals surface area (Å²) < 4.78 is 22.8. The minimum Gasteiger partial charge on any atom is -0.390 e. The molecule has 0 aromatic carbocycles. The lowest BCUT2D eigenvalue weighted by Crippen LogP contribution is -2.37. The molecule has 4 nitrogen and oxygen atoms in total. The van der Waals surface area contributed by atoms with Crippen LogP contribution in [-0.4, -0.2) is 54.7 Å². The van der Waals surface area contributed by atoms with Crippen LogP contribution in [0.15, 0.2) is 0 Å². The van der Waals surface area contributed by atoms with Crippen molar-refractivity contribution in [2.75, 3.05) is 24.6 Å². The smallest absolute Gasteiger partial charge is 0.151 e. The molecule has 2 heterocycles. The van der Waals surface area contributed by atoms with Crippen LogP contribution in [0.25, 0.3) is 0 Å². The van der Waals surface area contributed by atoms with Crippen molar-refractivity contribution in [1.29, 1.82) is 0 Å². The normalized spacial score (nSPS) is 40.8. The highest BCUT2D eigenvalue weighted by Gasteiger charge is 2.34. The van der Waals surface area contributed by atoms with Gasteiger partial charge in [0.2, 0.25) is 0 Å². The third kappa shape index (κ3) is 2.96. The molecule has 0 spiro atoms. The summed E-state index contributed by atoms with van der Waals surface area (Å²) in [5.41, 5.74) is -0.563. The number of hydrogen-bond donors (Lipinski definition) is 1. The Balaban J connectivity index is 1.96. The fourth-order valence-electron chi connectivity index (χ4n) is 2.71. The van der Waals surface area contributed by atoms with E-state index in [-0.39, 0.29) is 6.04 Å². The SMILES string of the molecule is CC1(O)CCCN(C2CCS(=O)(=O)C2)CC1. The zero-order valence-electron chi connectivity index (χ0n) is 9.85. The molecule has 2 rings (SSSR count). The molecule has 0 saturated carbocycles. The molecule has 94 valence electrons. The van der Waals surface area contributed by atoms with Gasteiger partial charge in [-0.15, -0.1) is 0 Å². The molecule has 1 N–H and O–H groups in total. The molecule has 2 unspecified atom stereocenters. The Bertz CT molecular complexity index is 350. The molecule has 2 aliphatic heterocycles. The molecule has 0 aliphatic carbocycles. The van der Waals surface area contributed by atoms with Gasteiger partial charge < -0.3 is 5.11 Å². The molecule has 0 bridgehead atoms. The summed E-state index contributed by atoms with van der Waals surface area (Å²) in [6, 6.07) is 0.193. The van der Waals surface area contributed by atoms with Crippen LogP contribution in [0.4, 0.5) is 0 Å². The number of hydrogen-bond acceptors (Lipinski definition) is 4. The van der Waals surface area contributed by atoms with E-state index in [1.165, 1.54) is 0 Å². The van der Waals surface area contributed by atoms with Crippen molar-refractivity contribution < 1.29 is 13.5 Å². The third-order valence-corrected chi connectivity index (χ3v) is 5.57. The fourth-order valence-corrected chi connectivity index (χ4v) is 4.47. The van der Waals surface area contributed by atoms with Gasteiger partial charge >= 0.3 is 0 Å². The van der Waals surface area contributed by atoms with E-state index in [0.29, 0.717) is 11.5 Å². The number of rotatable bonds is 1. The van der Waals surface area contributed by atoms with E-state index in [4.69, 9.17) is 0 Å². The number of sulfone groups is 1. The van der Waals surface area contributed by atoms with Crippen LogP contribution in [0.3, 0.4) is 0 Å². The lowest BCUT2D eigenvalue weighted by atomic mass is 9.98. The number of likely N-dealkylation sites (tertiary alicyclic amines) is 1. The highest BCUT2D eigenvalue weighted by Crippen LogP contribution is 2.25. The second-order valence-corrected chi connectivity index (χ2v) is 7.67. The van der Waals surface area contributed by atoms with Gasteiger partial charge in [0.05, 0.1) is 17.1 Å². The van der Waals surface area contributed by atoms with Crippen LogP contribution in [0.2, 0.25) is 0 Å². The van der Waals surface area contributed by atoms with Crippen molar-refractivity contribution in [3.63, 3.8) is 0 Å². The Kier molecular flexibility index (Phi) is 3.29. The maximum Gasteiger partial charge on any atom is 0.151 e. The van der Waals surface area contributed by atoms with Gasteiger partial charge in [-0.25, -0.2) is 8.42 Å². The van der Waals surface area contributed by atoms with E-state index in [2.05, 4.69) is 4.90 Å². The molecule has 0 amide bonds. The van der Waals surface area contributed by atoms with Gasteiger partial charge in [-0.2, -0.15) is 0 Å². The highest BCUT2D eigenvalue weighted by atomic mass is 32.2. The minimum absolute atomic E-state index is 0.193. The van der Waals surface area contributed by atoms with Gasteiger partial charge in [-0.1, -0.05) is 0 Å². The first kappa shape index (κ1) is 12.3. The van der Waals surface area contributed by atoms with Crippen molar-refractivity contribution in [2.45, 2.75) is 44.2 Å². The van der Waals surface area contributed by atoms with E-state index in [1.807, 2.05) is 6.92 Å². The molecular formula is C11H21NO3S. The van der Waals surface area contributed by atoms with Gasteiger partial charge in [-0.3, -0.25) is 4.90 Å². The quantitative estimate of drug-likeness (QED) is 0.729. The van der Waals surface area contributed by atoms with Gasteiger partial charge in [0.1, 0.15) is 0 Å². The van der Waals surface area contributed by atoms with Gasteiger partial charge in [0.15, 0.2) is 9.84 Å². The average molecular weight is 247 g/mol. The summed E-state index contributed by atoms with van der Waals surface area (Å²) in [4.78, 5) is 2.26. The zero-order chi connectivity index (χ0) is 11.8. The summed E-state index contributed by atoms with van der Waals surface area (Å²) in [7, 11) is -2.79. The van der Waals surface area contributed by atoms with Crippen LogP contribution in [0.5, 0.6) is 0 Å². The Morgan fingerprint density at radius 3 is 2.69 bits per heavy atom. The Morgan fingerprint density at radius 2 is 2.06 bits per heavy atom. The highest BCUT2D eigenvalue weighted by molar-refractivity contribution is 7.91. The van der Waals surface area contributed by atoms with E-state index < -0.39 is 15.4 Å². The Morgan fingerprint density at radius 1 is 1.31 bits per heavy atom. The molecule has 2 fully saturated rings. The lowest BCUT2D eigenvalue weighted by molar-refractivity contribution is 0.0435. The summed E-state index contributed by atoms with van der Waals surface area (Å²) in [5, 5.41) is 9.97. The summed E-state index contributed by atoms with van der Waals surface area (Å²) in [6.45, 7) is 3.63. The molecular weight excluding hydrogens is 226 g/mol. The van der Waals surface area contributed by atoms with Gasteiger partial charge in [-0.05, 0) is 39.2 Å². The molecule has 2 aliphatic rings. The van der Waals surface area contributed by atoms with E-state index in [1.54, 1.807) is 0 Å². The van der Waals surface area contributed by atoms with Crippen LogP contribution < -0.4 is 0 Å². The first-order valence-electron chi connectivity index (χ1n) is 6.05. The molecule has 0 radical (unpaired) electrons. The second-order valence-electron chi connectivity index (χ2n) is 5.44. The largest absolute Gasteiger partial charge is 0.390 e. The molecule has 0 aromatic heterocycles. The zero-order valence-corrected chi connectivity index (χ0v) is 10.7. The van der Waals surface area contributed by atoms with Crippen molar-refractivity contribution >= 4 is 9.84 Å². The van der Waals surface area contributed by atoms with Gasteiger partial charge in [0.25, 0.3) is 0 Å². The molecule has 2 saturated heterocycles. The van der Waals surface area contributed by atoms with Crippen LogP contribution in [0.1, 0.15) is 32.6 Å². The fraction of sp³-hybridized carbons (Fsp3) is 1.00. The minimum atomic E-state index is -2.79. The third-order valence-electron chi connectivity index (χ3n) is 3.82. The van der Waals surface area contributed by atoms with Crippen LogP contribution in [0, 0.1) is 0 Å². The van der Waals surface area contributed by atoms with Crippen molar-refractivity contribution in [1.82, 2.24) is 4.90 Å². The number of nitrogens with zero attached hydrogens (tertiary/aromatic N) is 1. The van der Waals surface area contributed by atoms with E-state index >= 15 is 0 Å². The number of aliphatic hydroxyl groups is 1. The Hall–Kier alpha value is -0.130.